The normalized spacial score (nSPS) is 10.3. The number of ketones is 1. The number of aromatic nitrogens is 4. The zero-order chi connectivity index (χ0) is 25.5. The summed E-state index contributed by atoms with van der Waals surface area (Å²) < 4.78 is 21.9. The molecule has 180 valence electrons. The molecule has 3 aromatic heterocycles. The Morgan fingerprint density at radius 3 is 2.44 bits per heavy atom. The van der Waals surface area contributed by atoms with Crippen molar-refractivity contribution in [2.45, 2.75) is 6.92 Å². The average Bonchev–Trinajstić information content (AvgIpc) is 3.40. The molecule has 0 aliphatic heterocycles. The van der Waals surface area contributed by atoms with Gasteiger partial charge in [0.15, 0.2) is 11.6 Å². The number of halogens is 2. The summed E-state index contributed by atoms with van der Waals surface area (Å²) in [5.74, 6) is -0.460. The molecule has 0 spiro atoms. The van der Waals surface area contributed by atoms with Gasteiger partial charge in [0, 0.05) is 29.8 Å². The summed E-state index contributed by atoms with van der Waals surface area (Å²) in [6.45, 7) is 1.84. The number of rotatable bonds is 5. The molecule has 0 atom stereocenters. The van der Waals surface area contributed by atoms with E-state index in [1.54, 1.807) is 47.7 Å². The lowest BCUT2D eigenvalue weighted by atomic mass is 10.0. The second kappa shape index (κ2) is 11.5. The zero-order valence-corrected chi connectivity index (χ0v) is 21.2. The molecular weight excluding hydrogens is 523 g/mol. The number of benzene rings is 2. The largest absolute Gasteiger partial charge is 0.493 e. The van der Waals surface area contributed by atoms with Gasteiger partial charge in [0.25, 0.3) is 0 Å². The van der Waals surface area contributed by atoms with Crippen LogP contribution in [-0.4, -0.2) is 32.4 Å². The number of carbonyl (C=O) groups excluding carboxylic acids is 1. The smallest absolute Gasteiger partial charge is 0.231 e. The molecule has 6 nitrogen and oxygen atoms in total. The van der Waals surface area contributed by atoms with Crippen molar-refractivity contribution in [3.05, 3.63) is 125 Å². The van der Waals surface area contributed by atoms with E-state index in [2.05, 4.69) is 30.9 Å². The standard InChI is InChI=1S/C23H18FN3O2.C5H4BrN/c1-15-6-5-11-25-21(15)22(28)20-13-27(14-26-20)17-8-3-7-16(12-17)18-9-4-10-19(24)23(18)29-2;6-5-3-1-2-4-7-5/h3-14H,1-2H3;1-4H. The molecule has 0 aliphatic rings. The highest BCUT2D eigenvalue weighted by molar-refractivity contribution is 9.10. The van der Waals surface area contributed by atoms with Crippen molar-refractivity contribution >= 4 is 21.7 Å². The van der Waals surface area contributed by atoms with E-state index in [4.69, 9.17) is 4.74 Å². The second-order valence-electron chi connectivity index (χ2n) is 7.69. The van der Waals surface area contributed by atoms with Gasteiger partial charge in [-0.05, 0) is 70.4 Å². The number of imidazole rings is 1. The summed E-state index contributed by atoms with van der Waals surface area (Å²) in [6.07, 6.45) is 6.57. The van der Waals surface area contributed by atoms with Gasteiger partial charge >= 0.3 is 0 Å². The van der Waals surface area contributed by atoms with Gasteiger partial charge in [-0.3, -0.25) is 9.78 Å². The maximum absolute atomic E-state index is 14.1. The molecule has 5 aromatic rings. The van der Waals surface area contributed by atoms with E-state index in [-0.39, 0.29) is 11.5 Å². The number of hydrogen-bond donors (Lipinski definition) is 0. The number of carbonyl (C=O) groups is 1. The quantitative estimate of drug-likeness (QED) is 0.187. The van der Waals surface area contributed by atoms with Crippen molar-refractivity contribution in [1.82, 2.24) is 19.5 Å². The molecule has 8 heteroatoms. The highest BCUT2D eigenvalue weighted by Gasteiger charge is 2.17. The molecule has 5 rings (SSSR count). The minimum atomic E-state index is -0.420. The Balaban J connectivity index is 0.000000375. The number of nitrogens with zero attached hydrogens (tertiary/aromatic N) is 4. The van der Waals surface area contributed by atoms with Crippen LogP contribution in [0.5, 0.6) is 5.75 Å². The van der Waals surface area contributed by atoms with Gasteiger partial charge in [-0.25, -0.2) is 14.4 Å². The molecule has 0 amide bonds. The van der Waals surface area contributed by atoms with Gasteiger partial charge in [0.2, 0.25) is 5.78 Å². The van der Waals surface area contributed by atoms with Gasteiger partial charge < -0.3 is 9.30 Å². The van der Waals surface area contributed by atoms with Crippen LogP contribution >= 0.6 is 15.9 Å². The molecule has 3 heterocycles. The van der Waals surface area contributed by atoms with Crippen LogP contribution in [0.3, 0.4) is 0 Å². The van der Waals surface area contributed by atoms with E-state index in [0.29, 0.717) is 17.0 Å². The molecule has 0 saturated carbocycles. The van der Waals surface area contributed by atoms with E-state index in [1.165, 1.54) is 13.2 Å². The van der Waals surface area contributed by atoms with Crippen molar-refractivity contribution in [1.29, 1.82) is 0 Å². The van der Waals surface area contributed by atoms with Crippen LogP contribution in [0.25, 0.3) is 16.8 Å². The first-order valence-corrected chi connectivity index (χ1v) is 11.8. The molecular formula is C28H22BrFN4O2. The van der Waals surface area contributed by atoms with E-state index in [9.17, 15) is 9.18 Å². The highest BCUT2D eigenvalue weighted by Crippen LogP contribution is 2.33. The van der Waals surface area contributed by atoms with Crippen molar-refractivity contribution in [2.24, 2.45) is 0 Å². The molecule has 0 saturated heterocycles. The Labute approximate surface area is 216 Å². The third kappa shape index (κ3) is 5.72. The Morgan fingerprint density at radius 1 is 0.944 bits per heavy atom. The van der Waals surface area contributed by atoms with Crippen molar-refractivity contribution in [2.75, 3.05) is 7.11 Å². The van der Waals surface area contributed by atoms with Crippen LogP contribution < -0.4 is 4.74 Å². The molecule has 2 aromatic carbocycles. The van der Waals surface area contributed by atoms with Crippen molar-refractivity contribution in [3.8, 4) is 22.6 Å². The predicted octanol–water partition coefficient (Wildman–Crippen LogP) is 6.47. The predicted molar refractivity (Wildman–Crippen MR) is 140 cm³/mol. The lowest BCUT2D eigenvalue weighted by Crippen LogP contribution is -2.06. The lowest BCUT2D eigenvalue weighted by Gasteiger charge is -2.11. The van der Waals surface area contributed by atoms with Gasteiger partial charge in [-0.15, -0.1) is 0 Å². The van der Waals surface area contributed by atoms with E-state index in [1.807, 2.05) is 55.5 Å². The summed E-state index contributed by atoms with van der Waals surface area (Å²) >= 11 is 3.20. The molecule has 36 heavy (non-hydrogen) atoms. The third-order valence-electron chi connectivity index (χ3n) is 5.29. The first-order chi connectivity index (χ1) is 17.5. The first-order valence-electron chi connectivity index (χ1n) is 11.0. The molecule has 0 N–H and O–H groups in total. The van der Waals surface area contributed by atoms with Crippen LogP contribution in [-0.2, 0) is 0 Å². The van der Waals surface area contributed by atoms with Gasteiger partial charge in [-0.1, -0.05) is 36.4 Å². The fraction of sp³-hybridized carbons (Fsp3) is 0.0714. The topological polar surface area (TPSA) is 69.9 Å². The summed E-state index contributed by atoms with van der Waals surface area (Å²) in [5.41, 5.74) is 3.72. The average molecular weight is 545 g/mol. The maximum atomic E-state index is 14.1. The number of methoxy groups -OCH3 is 1. The number of pyridine rings is 2. The Bertz CT molecular complexity index is 1490. The monoisotopic (exact) mass is 544 g/mol. The zero-order valence-electron chi connectivity index (χ0n) is 19.6. The number of ether oxygens (including phenoxy) is 1. The van der Waals surface area contributed by atoms with E-state index >= 15 is 0 Å². The summed E-state index contributed by atoms with van der Waals surface area (Å²) in [4.78, 5) is 25.0. The van der Waals surface area contributed by atoms with Crippen LogP contribution in [0.1, 0.15) is 21.7 Å². The molecule has 0 unspecified atom stereocenters. The highest BCUT2D eigenvalue weighted by atomic mass is 79.9. The van der Waals surface area contributed by atoms with Crippen molar-refractivity contribution < 1.29 is 13.9 Å². The Hall–Kier alpha value is -4.17. The van der Waals surface area contributed by atoms with Gasteiger partial charge in [0.05, 0.1) is 7.11 Å². The molecule has 0 radical (unpaired) electrons. The maximum Gasteiger partial charge on any atom is 0.231 e. The Morgan fingerprint density at radius 2 is 1.75 bits per heavy atom. The van der Waals surface area contributed by atoms with Gasteiger partial charge in [-0.2, -0.15) is 0 Å². The fourth-order valence-electron chi connectivity index (χ4n) is 3.55. The minimum Gasteiger partial charge on any atom is -0.493 e. The lowest BCUT2D eigenvalue weighted by molar-refractivity contribution is 0.102. The van der Waals surface area contributed by atoms with Crippen LogP contribution in [0.15, 0.2) is 102 Å². The summed E-state index contributed by atoms with van der Waals surface area (Å²) in [7, 11) is 1.44. The SMILES string of the molecule is Brc1ccccn1.COc1c(F)cccc1-c1cccc(-n2cnc(C(=O)c3ncccc3C)c2)c1. The Kier molecular flexibility index (Phi) is 7.97. The molecule has 0 aliphatic carbocycles. The van der Waals surface area contributed by atoms with E-state index in [0.717, 1.165) is 21.4 Å². The third-order valence-corrected chi connectivity index (χ3v) is 5.76. The summed E-state index contributed by atoms with van der Waals surface area (Å²) in [6, 6.07) is 21.6. The number of aryl methyl sites for hydroxylation is 1. The van der Waals surface area contributed by atoms with Crippen molar-refractivity contribution in [3.63, 3.8) is 0 Å². The number of hydrogen-bond acceptors (Lipinski definition) is 5. The van der Waals surface area contributed by atoms with Crippen LogP contribution in [0.4, 0.5) is 4.39 Å². The number of para-hydroxylation sites is 1. The van der Waals surface area contributed by atoms with Crippen LogP contribution in [0, 0.1) is 12.7 Å². The second-order valence-corrected chi connectivity index (χ2v) is 8.50. The summed E-state index contributed by atoms with van der Waals surface area (Å²) in [5, 5.41) is 0. The molecule has 0 bridgehead atoms. The van der Waals surface area contributed by atoms with Crippen LogP contribution in [0.2, 0.25) is 0 Å². The van der Waals surface area contributed by atoms with E-state index < -0.39 is 5.82 Å². The first kappa shape index (κ1) is 24.9. The molecule has 0 fully saturated rings. The minimum absolute atomic E-state index is 0.191. The fourth-order valence-corrected chi connectivity index (χ4v) is 3.82. The van der Waals surface area contributed by atoms with Gasteiger partial charge in [0.1, 0.15) is 22.3 Å².